The number of ether oxygens (including phenoxy) is 1. The van der Waals surface area contributed by atoms with Gasteiger partial charge in [-0.3, -0.25) is 19.4 Å². The van der Waals surface area contributed by atoms with Gasteiger partial charge in [-0.25, -0.2) is 9.18 Å². The Morgan fingerprint density at radius 2 is 1.71 bits per heavy atom. The molecule has 0 fully saturated rings. The van der Waals surface area contributed by atoms with E-state index in [0.717, 1.165) is 22.4 Å². The molecule has 0 bridgehead atoms. The summed E-state index contributed by atoms with van der Waals surface area (Å²) in [4.78, 5) is 55.6. The van der Waals surface area contributed by atoms with Crippen LogP contribution in [0.4, 0.5) is 4.39 Å². The van der Waals surface area contributed by atoms with Crippen molar-refractivity contribution in [1.29, 1.82) is 0 Å². The Morgan fingerprint density at radius 3 is 2.38 bits per heavy atom. The van der Waals surface area contributed by atoms with Crippen LogP contribution in [0, 0.1) is 0 Å². The van der Waals surface area contributed by atoms with Crippen LogP contribution in [0.3, 0.4) is 0 Å². The largest absolute Gasteiger partial charge is 0.464 e. The molecule has 1 heterocycles. The zero-order valence-electron chi connectivity index (χ0n) is 24.8. The molecule has 8 nitrogen and oxygen atoms in total. The highest BCUT2D eigenvalue weighted by molar-refractivity contribution is 6.40. The number of halogens is 3. The van der Waals surface area contributed by atoms with Crippen molar-refractivity contribution in [3.8, 4) is 11.1 Å². The third-order valence-corrected chi connectivity index (χ3v) is 7.86. The lowest BCUT2D eigenvalue weighted by Gasteiger charge is -2.18. The van der Waals surface area contributed by atoms with Crippen molar-refractivity contribution in [2.24, 2.45) is 4.99 Å². The van der Waals surface area contributed by atoms with Gasteiger partial charge in [-0.15, -0.1) is 0 Å². The molecule has 1 aliphatic heterocycles. The molecule has 0 saturated carbocycles. The topological polar surface area (TPSA) is 114 Å². The zero-order chi connectivity index (χ0) is 32.3. The number of carbonyl (C=O) groups excluding carboxylic acids is 4. The first-order chi connectivity index (χ1) is 21.6. The number of esters is 1. The lowest BCUT2D eigenvalue weighted by Crippen LogP contribution is -2.42. The second kappa shape index (κ2) is 16.3. The molecule has 0 spiro atoms. The SMILES string of the molecule is CCOC(=O)[C@@H](CCC(=O)CNC(=O)c1cccc(CC2=NCC(F)CC2)c1)NC(=O)c1c(Cl)cc(-c2ccccc2)cc1Cl. The van der Waals surface area contributed by atoms with Gasteiger partial charge < -0.3 is 15.4 Å². The van der Waals surface area contributed by atoms with Gasteiger partial charge in [0.05, 0.1) is 35.3 Å². The Kier molecular flexibility index (Phi) is 12.2. The van der Waals surface area contributed by atoms with E-state index in [1.165, 1.54) is 0 Å². The lowest BCUT2D eigenvalue weighted by molar-refractivity contribution is -0.145. The first-order valence-corrected chi connectivity index (χ1v) is 15.5. The Hall–Kier alpha value is -4.08. The molecule has 0 saturated heterocycles. The second-order valence-electron chi connectivity index (χ2n) is 10.6. The Labute approximate surface area is 271 Å². The number of benzene rings is 3. The van der Waals surface area contributed by atoms with Crippen molar-refractivity contribution in [2.75, 3.05) is 19.7 Å². The average Bonchev–Trinajstić information content (AvgIpc) is 3.03. The van der Waals surface area contributed by atoms with Crippen LogP contribution >= 0.6 is 23.2 Å². The van der Waals surface area contributed by atoms with Crippen molar-refractivity contribution in [3.63, 3.8) is 0 Å². The number of hydrogen-bond donors (Lipinski definition) is 2. The van der Waals surface area contributed by atoms with Crippen molar-refractivity contribution >= 4 is 52.5 Å². The molecule has 2 amide bonds. The van der Waals surface area contributed by atoms with Crippen molar-refractivity contribution < 1.29 is 28.3 Å². The number of carbonyl (C=O) groups is 4. The number of hydrogen-bond acceptors (Lipinski definition) is 6. The number of nitrogens with one attached hydrogen (secondary N) is 2. The maximum absolute atomic E-state index is 13.4. The predicted octanol–water partition coefficient (Wildman–Crippen LogP) is 6.22. The van der Waals surface area contributed by atoms with E-state index in [-0.39, 0.29) is 53.9 Å². The van der Waals surface area contributed by atoms with Gasteiger partial charge in [0.1, 0.15) is 12.2 Å². The van der Waals surface area contributed by atoms with Crippen LogP contribution in [-0.4, -0.2) is 61.2 Å². The third kappa shape index (κ3) is 9.70. The molecule has 2 N–H and O–H groups in total. The normalized spacial score (nSPS) is 15.0. The lowest BCUT2D eigenvalue weighted by atomic mass is 9.99. The van der Waals surface area contributed by atoms with E-state index in [0.29, 0.717) is 24.8 Å². The van der Waals surface area contributed by atoms with E-state index in [1.54, 1.807) is 37.3 Å². The fraction of sp³-hybridized carbons (Fsp3) is 0.324. The summed E-state index contributed by atoms with van der Waals surface area (Å²) in [5.74, 6) is -2.17. The quantitative estimate of drug-likeness (QED) is 0.213. The number of nitrogens with zero attached hydrogens (tertiary/aromatic N) is 1. The van der Waals surface area contributed by atoms with Gasteiger partial charge in [-0.1, -0.05) is 65.7 Å². The molecule has 3 aromatic carbocycles. The number of Topliss-reactive ketones (excluding diaryl/α,β-unsaturated/α-hetero) is 1. The second-order valence-corrected chi connectivity index (χ2v) is 11.5. The summed E-state index contributed by atoms with van der Waals surface area (Å²) >= 11 is 12.9. The molecular weight excluding hydrogens is 620 g/mol. The van der Waals surface area contributed by atoms with Crippen molar-refractivity contribution in [3.05, 3.63) is 93.5 Å². The highest BCUT2D eigenvalue weighted by atomic mass is 35.5. The molecule has 1 unspecified atom stereocenters. The molecule has 3 aromatic rings. The molecule has 45 heavy (non-hydrogen) atoms. The van der Waals surface area contributed by atoms with Crippen LogP contribution < -0.4 is 10.6 Å². The van der Waals surface area contributed by atoms with Crippen LogP contribution in [0.5, 0.6) is 0 Å². The van der Waals surface area contributed by atoms with Gasteiger partial charge in [-0.2, -0.15) is 0 Å². The fourth-order valence-electron chi connectivity index (χ4n) is 4.91. The summed E-state index contributed by atoms with van der Waals surface area (Å²) in [5.41, 5.74) is 3.72. The van der Waals surface area contributed by atoms with Crippen molar-refractivity contribution in [2.45, 2.75) is 51.2 Å². The van der Waals surface area contributed by atoms with Crippen LogP contribution in [-0.2, 0) is 20.7 Å². The standard InChI is InChI=1S/C34H34Cl2FN3O5/c1-2-45-34(44)30(40-33(43)31-28(35)17-24(18-29(31)36)22-8-4-3-5-9-22)14-13-27(41)20-39-32(42)23-10-6-7-21(15-23)16-26-12-11-25(37)19-38-26/h3-10,15,17-18,25,30H,2,11-14,16,19-20H2,1H3,(H,39,42)(H,40,43)/t25?,30-/m1/s1. The molecule has 11 heteroatoms. The number of aliphatic imine (C=N–C) groups is 1. The molecule has 4 rings (SSSR count). The van der Waals surface area contributed by atoms with Gasteiger partial charge in [-0.05, 0) is 67.1 Å². The number of ketones is 1. The molecule has 0 aliphatic carbocycles. The summed E-state index contributed by atoms with van der Waals surface area (Å²) in [6, 6.07) is 18.4. The smallest absolute Gasteiger partial charge is 0.328 e. The molecule has 1 aliphatic rings. The molecule has 236 valence electrons. The first-order valence-electron chi connectivity index (χ1n) is 14.7. The van der Waals surface area contributed by atoms with Crippen LogP contribution in [0.2, 0.25) is 10.0 Å². The van der Waals surface area contributed by atoms with Gasteiger partial charge >= 0.3 is 5.97 Å². The summed E-state index contributed by atoms with van der Waals surface area (Å²) in [6.45, 7) is 1.60. The average molecular weight is 655 g/mol. The Balaban J connectivity index is 1.33. The number of rotatable bonds is 13. The van der Waals surface area contributed by atoms with E-state index < -0.39 is 30.0 Å². The van der Waals surface area contributed by atoms with Gasteiger partial charge in [0.15, 0.2) is 5.78 Å². The van der Waals surface area contributed by atoms with Gasteiger partial charge in [0.25, 0.3) is 11.8 Å². The van der Waals surface area contributed by atoms with Crippen LogP contribution in [0.15, 0.2) is 71.7 Å². The monoisotopic (exact) mass is 653 g/mol. The fourth-order valence-corrected chi connectivity index (χ4v) is 5.57. The minimum absolute atomic E-state index is 0.00435. The van der Waals surface area contributed by atoms with Crippen LogP contribution in [0.1, 0.15) is 58.9 Å². The van der Waals surface area contributed by atoms with E-state index in [4.69, 9.17) is 27.9 Å². The van der Waals surface area contributed by atoms with Crippen molar-refractivity contribution in [1.82, 2.24) is 10.6 Å². The van der Waals surface area contributed by atoms with Gasteiger partial charge in [0.2, 0.25) is 0 Å². The van der Waals surface area contributed by atoms with E-state index >= 15 is 0 Å². The Morgan fingerprint density at radius 1 is 0.978 bits per heavy atom. The van der Waals surface area contributed by atoms with Crippen LogP contribution in [0.25, 0.3) is 11.1 Å². The highest BCUT2D eigenvalue weighted by Crippen LogP contribution is 2.32. The summed E-state index contributed by atoms with van der Waals surface area (Å²) in [5, 5.41) is 5.40. The molecule has 2 atom stereocenters. The third-order valence-electron chi connectivity index (χ3n) is 7.27. The Bertz CT molecular complexity index is 1560. The molecule has 0 radical (unpaired) electrons. The maximum atomic E-state index is 13.4. The number of alkyl halides is 1. The summed E-state index contributed by atoms with van der Waals surface area (Å²) in [7, 11) is 0. The maximum Gasteiger partial charge on any atom is 0.328 e. The zero-order valence-corrected chi connectivity index (χ0v) is 26.3. The first kappa shape index (κ1) is 33.8. The van der Waals surface area contributed by atoms with E-state index in [9.17, 15) is 23.6 Å². The summed E-state index contributed by atoms with van der Waals surface area (Å²) in [6.07, 6.45) is 0.482. The summed E-state index contributed by atoms with van der Waals surface area (Å²) < 4.78 is 18.5. The van der Waals surface area contributed by atoms with Gasteiger partial charge in [0, 0.05) is 24.1 Å². The minimum Gasteiger partial charge on any atom is -0.464 e. The highest BCUT2D eigenvalue weighted by Gasteiger charge is 2.26. The molecule has 0 aromatic heterocycles. The van der Waals surface area contributed by atoms with E-state index in [2.05, 4.69) is 15.6 Å². The number of amides is 2. The predicted molar refractivity (Wildman–Crippen MR) is 173 cm³/mol. The minimum atomic E-state index is -1.15. The van der Waals surface area contributed by atoms with E-state index in [1.807, 2.05) is 36.4 Å². The molecular formula is C34H34Cl2FN3O5.